The highest BCUT2D eigenvalue weighted by Crippen LogP contribution is 2.12. The first kappa shape index (κ1) is 13.0. The number of rotatable bonds is 5. The van der Waals surface area contributed by atoms with E-state index in [4.69, 9.17) is 5.73 Å². The number of amides is 1. The van der Waals surface area contributed by atoms with Gasteiger partial charge in [0, 0.05) is 25.2 Å². The number of nitrogens with two attached hydrogens (primary N) is 1. The molecule has 7 heteroatoms. The van der Waals surface area contributed by atoms with Crippen LogP contribution in [0.3, 0.4) is 0 Å². The molecule has 0 saturated carbocycles. The molecule has 0 unspecified atom stereocenters. The molecule has 2 aromatic heterocycles. The molecule has 0 bridgehead atoms. The second-order valence-electron chi connectivity index (χ2n) is 3.95. The summed E-state index contributed by atoms with van der Waals surface area (Å²) in [6.07, 6.45) is 3.69. The number of primary amides is 1. The SMILES string of the molecule is CCNc1cc(-n2cc(C(N)=O)cn2)nc(CC)n1. The Labute approximate surface area is 110 Å². The monoisotopic (exact) mass is 260 g/mol. The Morgan fingerprint density at radius 2 is 2.21 bits per heavy atom. The summed E-state index contributed by atoms with van der Waals surface area (Å²) in [6.45, 7) is 4.74. The maximum Gasteiger partial charge on any atom is 0.251 e. The predicted molar refractivity (Wildman–Crippen MR) is 71.2 cm³/mol. The van der Waals surface area contributed by atoms with Crippen molar-refractivity contribution in [1.29, 1.82) is 0 Å². The first-order chi connectivity index (χ1) is 9.13. The second kappa shape index (κ2) is 5.47. The van der Waals surface area contributed by atoms with Crippen LogP contribution in [-0.2, 0) is 6.42 Å². The number of anilines is 1. The van der Waals surface area contributed by atoms with E-state index < -0.39 is 5.91 Å². The minimum absolute atomic E-state index is 0.349. The van der Waals surface area contributed by atoms with Crippen LogP contribution < -0.4 is 11.1 Å². The Kier molecular flexibility index (Phi) is 3.74. The summed E-state index contributed by atoms with van der Waals surface area (Å²) in [4.78, 5) is 19.8. The zero-order valence-electron chi connectivity index (χ0n) is 10.9. The molecule has 0 aliphatic heterocycles. The zero-order chi connectivity index (χ0) is 13.8. The Hall–Kier alpha value is -2.44. The van der Waals surface area contributed by atoms with Gasteiger partial charge in [0.15, 0.2) is 5.82 Å². The van der Waals surface area contributed by atoms with Crippen LogP contribution >= 0.6 is 0 Å². The molecule has 0 fully saturated rings. The summed E-state index contributed by atoms with van der Waals surface area (Å²) in [5.41, 5.74) is 5.55. The first-order valence-electron chi connectivity index (χ1n) is 6.10. The number of aryl methyl sites for hydroxylation is 1. The van der Waals surface area contributed by atoms with E-state index >= 15 is 0 Å². The summed E-state index contributed by atoms with van der Waals surface area (Å²) in [6, 6.07) is 1.78. The Balaban J connectivity index is 2.41. The number of nitrogens with one attached hydrogen (secondary N) is 1. The van der Waals surface area contributed by atoms with Gasteiger partial charge in [-0.1, -0.05) is 6.92 Å². The molecular formula is C12H16N6O. The third-order valence-corrected chi connectivity index (χ3v) is 2.53. The van der Waals surface area contributed by atoms with Crippen LogP contribution in [0.5, 0.6) is 0 Å². The number of aromatic nitrogens is 4. The van der Waals surface area contributed by atoms with E-state index in [1.54, 1.807) is 12.3 Å². The van der Waals surface area contributed by atoms with Gasteiger partial charge >= 0.3 is 0 Å². The van der Waals surface area contributed by atoms with Gasteiger partial charge in [-0.3, -0.25) is 4.79 Å². The van der Waals surface area contributed by atoms with Crippen LogP contribution in [-0.4, -0.2) is 32.2 Å². The van der Waals surface area contributed by atoms with Crippen LogP contribution in [0.2, 0.25) is 0 Å². The molecule has 0 spiro atoms. The molecule has 0 atom stereocenters. The van der Waals surface area contributed by atoms with Gasteiger partial charge in [0.25, 0.3) is 5.91 Å². The average molecular weight is 260 g/mol. The summed E-state index contributed by atoms with van der Waals surface area (Å²) < 4.78 is 1.52. The highest BCUT2D eigenvalue weighted by molar-refractivity contribution is 5.92. The Morgan fingerprint density at radius 1 is 1.42 bits per heavy atom. The van der Waals surface area contributed by atoms with Crippen molar-refractivity contribution in [2.75, 3.05) is 11.9 Å². The molecule has 2 heterocycles. The largest absolute Gasteiger partial charge is 0.370 e. The summed E-state index contributed by atoms with van der Waals surface area (Å²) in [7, 11) is 0. The van der Waals surface area contributed by atoms with Crippen molar-refractivity contribution in [3.63, 3.8) is 0 Å². The molecule has 0 aliphatic rings. The van der Waals surface area contributed by atoms with E-state index in [2.05, 4.69) is 20.4 Å². The van der Waals surface area contributed by atoms with Crippen molar-refractivity contribution in [2.45, 2.75) is 20.3 Å². The highest BCUT2D eigenvalue weighted by Gasteiger charge is 2.09. The Morgan fingerprint density at radius 3 is 2.79 bits per heavy atom. The second-order valence-corrected chi connectivity index (χ2v) is 3.95. The maximum absolute atomic E-state index is 11.1. The lowest BCUT2D eigenvalue weighted by Crippen LogP contribution is -2.10. The number of hydrogen-bond donors (Lipinski definition) is 2. The summed E-state index contributed by atoms with van der Waals surface area (Å²) >= 11 is 0. The van der Waals surface area contributed by atoms with Crippen molar-refractivity contribution in [3.8, 4) is 5.82 Å². The molecule has 3 N–H and O–H groups in total. The van der Waals surface area contributed by atoms with Crippen LogP contribution in [0.4, 0.5) is 5.82 Å². The standard InChI is InChI=1S/C12H16N6O/c1-3-9-16-10(14-4-2)5-11(17-9)18-7-8(6-15-18)12(13)19/h5-7H,3-4H2,1-2H3,(H2,13,19)(H,14,16,17). The molecule has 1 amide bonds. The minimum atomic E-state index is -0.511. The number of hydrogen-bond acceptors (Lipinski definition) is 5. The summed E-state index contributed by atoms with van der Waals surface area (Å²) in [5, 5.41) is 7.22. The fourth-order valence-corrected chi connectivity index (χ4v) is 1.61. The first-order valence-corrected chi connectivity index (χ1v) is 6.10. The third kappa shape index (κ3) is 2.87. The predicted octanol–water partition coefficient (Wildman–Crippen LogP) is 0.755. The van der Waals surface area contributed by atoms with Crippen molar-refractivity contribution < 1.29 is 4.79 Å². The van der Waals surface area contributed by atoms with Gasteiger partial charge in [0.2, 0.25) is 0 Å². The third-order valence-electron chi connectivity index (χ3n) is 2.53. The van der Waals surface area contributed by atoms with Gasteiger partial charge < -0.3 is 11.1 Å². The lowest BCUT2D eigenvalue weighted by atomic mass is 10.3. The molecular weight excluding hydrogens is 244 g/mol. The molecule has 0 saturated heterocycles. The van der Waals surface area contributed by atoms with Gasteiger partial charge in [0.05, 0.1) is 11.8 Å². The van der Waals surface area contributed by atoms with E-state index in [0.29, 0.717) is 17.2 Å². The fourth-order valence-electron chi connectivity index (χ4n) is 1.61. The van der Waals surface area contributed by atoms with Crippen LogP contribution in [0.1, 0.15) is 30.0 Å². The van der Waals surface area contributed by atoms with Gasteiger partial charge in [-0.05, 0) is 6.92 Å². The van der Waals surface area contributed by atoms with Crippen molar-refractivity contribution >= 4 is 11.7 Å². The molecule has 100 valence electrons. The van der Waals surface area contributed by atoms with Crippen molar-refractivity contribution in [2.24, 2.45) is 5.73 Å². The van der Waals surface area contributed by atoms with Gasteiger partial charge in [0.1, 0.15) is 11.6 Å². The van der Waals surface area contributed by atoms with Gasteiger partial charge in [-0.15, -0.1) is 0 Å². The van der Waals surface area contributed by atoms with Crippen molar-refractivity contribution in [1.82, 2.24) is 19.7 Å². The van der Waals surface area contributed by atoms with E-state index in [0.717, 1.165) is 18.8 Å². The molecule has 2 rings (SSSR count). The lowest BCUT2D eigenvalue weighted by Gasteiger charge is -2.07. The molecule has 0 radical (unpaired) electrons. The van der Waals surface area contributed by atoms with E-state index in [1.807, 2.05) is 13.8 Å². The van der Waals surface area contributed by atoms with Crippen molar-refractivity contribution in [3.05, 3.63) is 29.8 Å². The summed E-state index contributed by atoms with van der Waals surface area (Å²) in [5.74, 6) is 1.54. The highest BCUT2D eigenvalue weighted by atomic mass is 16.1. The quantitative estimate of drug-likeness (QED) is 0.826. The van der Waals surface area contributed by atoms with E-state index in [1.165, 1.54) is 10.9 Å². The topological polar surface area (TPSA) is 98.7 Å². The molecule has 0 aliphatic carbocycles. The van der Waals surface area contributed by atoms with Crippen LogP contribution in [0.25, 0.3) is 5.82 Å². The van der Waals surface area contributed by atoms with Gasteiger partial charge in [-0.25, -0.2) is 14.6 Å². The molecule has 19 heavy (non-hydrogen) atoms. The Bertz CT molecular complexity index is 592. The van der Waals surface area contributed by atoms with Crippen LogP contribution in [0.15, 0.2) is 18.5 Å². The van der Waals surface area contributed by atoms with E-state index in [-0.39, 0.29) is 0 Å². The number of carbonyl (C=O) groups is 1. The normalized spacial score (nSPS) is 10.4. The minimum Gasteiger partial charge on any atom is -0.370 e. The fraction of sp³-hybridized carbons (Fsp3) is 0.333. The van der Waals surface area contributed by atoms with E-state index in [9.17, 15) is 4.79 Å². The zero-order valence-corrected chi connectivity index (χ0v) is 10.9. The lowest BCUT2D eigenvalue weighted by molar-refractivity contribution is 0.100. The average Bonchev–Trinajstić information content (AvgIpc) is 2.88. The maximum atomic E-state index is 11.1. The number of nitrogens with zero attached hydrogens (tertiary/aromatic N) is 4. The smallest absolute Gasteiger partial charge is 0.251 e. The number of carbonyl (C=O) groups excluding carboxylic acids is 1. The molecule has 7 nitrogen and oxygen atoms in total. The van der Waals surface area contributed by atoms with Gasteiger partial charge in [-0.2, -0.15) is 5.10 Å². The molecule has 0 aromatic carbocycles. The molecule has 2 aromatic rings. The van der Waals surface area contributed by atoms with Crippen LogP contribution in [0, 0.1) is 0 Å².